The van der Waals surface area contributed by atoms with Crippen LogP contribution >= 0.6 is 0 Å². The van der Waals surface area contributed by atoms with Gasteiger partial charge in [0.25, 0.3) is 0 Å². The Morgan fingerprint density at radius 3 is 2.08 bits per heavy atom. The molecule has 1 aliphatic carbocycles. The molecule has 1 saturated carbocycles. The van der Waals surface area contributed by atoms with Crippen LogP contribution in [0.5, 0.6) is 17.2 Å². The van der Waals surface area contributed by atoms with Crippen molar-refractivity contribution < 1.29 is 19.0 Å². The van der Waals surface area contributed by atoms with Crippen LogP contribution in [0.2, 0.25) is 0 Å². The zero-order valence-electron chi connectivity index (χ0n) is 15.0. The number of rotatable bonds is 7. The average Bonchev–Trinajstić information content (AvgIpc) is 2.87. The van der Waals surface area contributed by atoms with Crippen LogP contribution in [0.1, 0.15) is 50.5 Å². The average molecular weight is 335 g/mol. The Balaban J connectivity index is 1.94. The Bertz CT molecular complexity index is 511. The smallest absolute Gasteiger partial charge is 0.220 e. The van der Waals surface area contributed by atoms with Crippen LogP contribution in [-0.2, 0) is 11.2 Å². The number of benzene rings is 1. The summed E-state index contributed by atoms with van der Waals surface area (Å²) in [5.74, 6) is 1.94. The highest BCUT2D eigenvalue weighted by atomic mass is 16.5. The fourth-order valence-corrected chi connectivity index (χ4v) is 3.26. The molecule has 0 radical (unpaired) electrons. The maximum absolute atomic E-state index is 12.2. The zero-order chi connectivity index (χ0) is 17.4. The number of carbonyl (C=O) groups is 1. The number of hydrogen-bond acceptors (Lipinski definition) is 4. The predicted octanol–water partition coefficient (Wildman–Crippen LogP) is 3.48. The van der Waals surface area contributed by atoms with E-state index in [4.69, 9.17) is 14.2 Å². The van der Waals surface area contributed by atoms with Gasteiger partial charge in [0, 0.05) is 12.5 Å². The number of methoxy groups -OCH3 is 3. The second kappa shape index (κ2) is 9.40. The molecule has 1 amide bonds. The molecule has 1 aromatic rings. The first-order valence-corrected chi connectivity index (χ1v) is 8.76. The quantitative estimate of drug-likeness (QED) is 0.775. The standard InChI is InChI=1S/C19H29NO4/c1-22-16-12-14(13-17(23-2)19(16)24-3)10-11-18(21)20-15-8-6-4-5-7-9-15/h12-13,15H,4-11H2,1-3H3,(H,20,21). The maximum Gasteiger partial charge on any atom is 0.220 e. The molecule has 5 heteroatoms. The van der Waals surface area contributed by atoms with Crippen molar-refractivity contribution in [2.75, 3.05) is 21.3 Å². The minimum absolute atomic E-state index is 0.121. The Morgan fingerprint density at radius 2 is 1.58 bits per heavy atom. The minimum Gasteiger partial charge on any atom is -0.493 e. The van der Waals surface area contributed by atoms with Crippen molar-refractivity contribution >= 4 is 5.91 Å². The summed E-state index contributed by atoms with van der Waals surface area (Å²) in [4.78, 5) is 12.2. The van der Waals surface area contributed by atoms with Gasteiger partial charge in [-0.2, -0.15) is 0 Å². The molecule has 2 rings (SSSR count). The first-order chi connectivity index (χ1) is 11.7. The van der Waals surface area contributed by atoms with E-state index < -0.39 is 0 Å². The molecule has 0 bridgehead atoms. The van der Waals surface area contributed by atoms with Crippen molar-refractivity contribution in [3.8, 4) is 17.2 Å². The van der Waals surface area contributed by atoms with Gasteiger partial charge in [-0.05, 0) is 37.0 Å². The predicted molar refractivity (Wildman–Crippen MR) is 94.1 cm³/mol. The summed E-state index contributed by atoms with van der Waals surface area (Å²) >= 11 is 0. The third-order valence-corrected chi connectivity index (χ3v) is 4.59. The van der Waals surface area contributed by atoms with Gasteiger partial charge >= 0.3 is 0 Å². The van der Waals surface area contributed by atoms with Crippen molar-refractivity contribution in [2.45, 2.75) is 57.4 Å². The van der Waals surface area contributed by atoms with E-state index in [0.29, 0.717) is 36.1 Å². The summed E-state index contributed by atoms with van der Waals surface area (Å²) in [6.45, 7) is 0. The lowest BCUT2D eigenvalue weighted by Crippen LogP contribution is -2.34. The van der Waals surface area contributed by atoms with Gasteiger partial charge in [0.15, 0.2) is 11.5 Å². The molecule has 1 aliphatic rings. The highest BCUT2D eigenvalue weighted by Gasteiger charge is 2.16. The number of hydrogen-bond donors (Lipinski definition) is 1. The minimum atomic E-state index is 0.121. The van der Waals surface area contributed by atoms with Crippen LogP contribution in [0.3, 0.4) is 0 Å². The summed E-state index contributed by atoms with van der Waals surface area (Å²) < 4.78 is 16.0. The molecule has 1 aromatic carbocycles. The van der Waals surface area contributed by atoms with Crippen molar-refractivity contribution in [3.05, 3.63) is 17.7 Å². The van der Waals surface area contributed by atoms with E-state index in [1.807, 2.05) is 12.1 Å². The number of amides is 1. The van der Waals surface area contributed by atoms with Gasteiger partial charge in [-0.25, -0.2) is 0 Å². The van der Waals surface area contributed by atoms with Crippen LogP contribution in [0.15, 0.2) is 12.1 Å². The summed E-state index contributed by atoms with van der Waals surface area (Å²) in [6.07, 6.45) is 8.35. The third-order valence-electron chi connectivity index (χ3n) is 4.59. The normalized spacial score (nSPS) is 15.5. The summed E-state index contributed by atoms with van der Waals surface area (Å²) in [5, 5.41) is 3.18. The Hall–Kier alpha value is -1.91. The van der Waals surface area contributed by atoms with Crippen molar-refractivity contribution in [1.29, 1.82) is 0 Å². The SMILES string of the molecule is COc1cc(CCC(=O)NC2CCCCCC2)cc(OC)c1OC. The van der Waals surface area contributed by atoms with Gasteiger partial charge in [0.1, 0.15) is 0 Å². The lowest BCUT2D eigenvalue weighted by atomic mass is 10.1. The maximum atomic E-state index is 12.2. The van der Waals surface area contributed by atoms with Gasteiger partial charge in [0.2, 0.25) is 11.7 Å². The Morgan fingerprint density at radius 1 is 1.00 bits per heavy atom. The van der Waals surface area contributed by atoms with Gasteiger partial charge in [-0.1, -0.05) is 25.7 Å². The molecule has 134 valence electrons. The van der Waals surface area contributed by atoms with Crippen LogP contribution in [0, 0.1) is 0 Å². The van der Waals surface area contributed by atoms with Crippen molar-refractivity contribution in [3.63, 3.8) is 0 Å². The first-order valence-electron chi connectivity index (χ1n) is 8.76. The molecule has 1 fully saturated rings. The number of nitrogens with one attached hydrogen (secondary N) is 1. The van der Waals surface area contributed by atoms with Gasteiger partial charge in [-0.3, -0.25) is 4.79 Å². The fourth-order valence-electron chi connectivity index (χ4n) is 3.26. The molecule has 0 aliphatic heterocycles. The topological polar surface area (TPSA) is 56.8 Å². The van der Waals surface area contributed by atoms with Crippen LogP contribution < -0.4 is 19.5 Å². The van der Waals surface area contributed by atoms with Crippen molar-refractivity contribution in [2.24, 2.45) is 0 Å². The van der Waals surface area contributed by atoms with Crippen LogP contribution in [-0.4, -0.2) is 33.3 Å². The Labute approximate surface area is 144 Å². The van der Waals surface area contributed by atoms with E-state index >= 15 is 0 Å². The first kappa shape index (κ1) is 18.4. The molecular formula is C19H29NO4. The van der Waals surface area contributed by atoms with Gasteiger partial charge in [0.05, 0.1) is 21.3 Å². The van der Waals surface area contributed by atoms with E-state index in [1.54, 1.807) is 21.3 Å². The molecule has 0 unspecified atom stereocenters. The van der Waals surface area contributed by atoms with Crippen LogP contribution in [0.25, 0.3) is 0 Å². The van der Waals surface area contributed by atoms with E-state index in [1.165, 1.54) is 25.7 Å². The molecule has 0 saturated heterocycles. The largest absolute Gasteiger partial charge is 0.493 e. The molecular weight excluding hydrogens is 306 g/mol. The van der Waals surface area contributed by atoms with Crippen molar-refractivity contribution in [1.82, 2.24) is 5.32 Å². The highest BCUT2D eigenvalue weighted by Crippen LogP contribution is 2.38. The van der Waals surface area contributed by atoms with E-state index in [2.05, 4.69) is 5.32 Å². The number of aryl methyl sites for hydroxylation is 1. The van der Waals surface area contributed by atoms with Gasteiger partial charge < -0.3 is 19.5 Å². The van der Waals surface area contributed by atoms with E-state index in [0.717, 1.165) is 18.4 Å². The molecule has 0 heterocycles. The molecule has 0 spiro atoms. The number of ether oxygens (including phenoxy) is 3. The molecule has 0 aromatic heterocycles. The summed E-state index contributed by atoms with van der Waals surface area (Å²) in [7, 11) is 4.78. The molecule has 1 N–H and O–H groups in total. The second-order valence-corrected chi connectivity index (χ2v) is 6.29. The highest BCUT2D eigenvalue weighted by molar-refractivity contribution is 5.76. The molecule has 24 heavy (non-hydrogen) atoms. The van der Waals surface area contributed by atoms with Crippen LogP contribution in [0.4, 0.5) is 0 Å². The van der Waals surface area contributed by atoms with Gasteiger partial charge in [-0.15, -0.1) is 0 Å². The third kappa shape index (κ3) is 5.05. The fraction of sp³-hybridized carbons (Fsp3) is 0.632. The lowest BCUT2D eigenvalue weighted by molar-refractivity contribution is -0.121. The lowest BCUT2D eigenvalue weighted by Gasteiger charge is -2.17. The number of carbonyl (C=O) groups excluding carboxylic acids is 1. The summed E-state index contributed by atoms with van der Waals surface area (Å²) in [5.41, 5.74) is 1.00. The zero-order valence-corrected chi connectivity index (χ0v) is 15.0. The molecule has 5 nitrogen and oxygen atoms in total. The summed E-state index contributed by atoms with van der Waals surface area (Å²) in [6, 6.07) is 4.15. The van der Waals surface area contributed by atoms with E-state index in [9.17, 15) is 4.79 Å². The second-order valence-electron chi connectivity index (χ2n) is 6.29. The van der Waals surface area contributed by atoms with E-state index in [-0.39, 0.29) is 5.91 Å². The monoisotopic (exact) mass is 335 g/mol. The molecule has 0 atom stereocenters. The Kier molecular flexibility index (Phi) is 7.22.